The van der Waals surface area contributed by atoms with Crippen molar-refractivity contribution in [3.05, 3.63) is 77.6 Å². The lowest BCUT2D eigenvalue weighted by molar-refractivity contribution is -0.141. The van der Waals surface area contributed by atoms with E-state index < -0.39 is 0 Å². The van der Waals surface area contributed by atoms with Gasteiger partial charge in [0.2, 0.25) is 5.91 Å². The summed E-state index contributed by atoms with van der Waals surface area (Å²) in [6, 6.07) is 21.2. The standard InChI is InChI=1S/C24H28N6O/c31-23-18-29-24(25-26-27-29)22(12-11-19-7-3-1-4-8-19)30(23)21-13-15-28(16-14-21)17-20-9-5-2-6-10-20/h1-10,21-22H,11-18H2. The number of rotatable bonds is 6. The first-order valence-corrected chi connectivity index (χ1v) is 11.2. The fourth-order valence-corrected chi connectivity index (χ4v) is 4.94. The van der Waals surface area contributed by atoms with Gasteiger partial charge in [-0.1, -0.05) is 60.7 Å². The van der Waals surface area contributed by atoms with Gasteiger partial charge < -0.3 is 4.90 Å². The number of tetrazole rings is 1. The third-order valence-corrected chi connectivity index (χ3v) is 6.52. The Labute approximate surface area is 182 Å². The Kier molecular flexibility index (Phi) is 5.76. The van der Waals surface area contributed by atoms with Gasteiger partial charge in [-0.2, -0.15) is 0 Å². The minimum atomic E-state index is -0.0675. The highest BCUT2D eigenvalue weighted by atomic mass is 16.2. The average Bonchev–Trinajstić information content (AvgIpc) is 3.27. The summed E-state index contributed by atoms with van der Waals surface area (Å²) in [4.78, 5) is 17.7. The van der Waals surface area contributed by atoms with Crippen LogP contribution in [0, 0.1) is 0 Å². The largest absolute Gasteiger partial charge is 0.328 e. The highest BCUT2D eigenvalue weighted by molar-refractivity contribution is 5.77. The molecule has 3 aromatic rings. The lowest BCUT2D eigenvalue weighted by Crippen LogP contribution is -2.52. The van der Waals surface area contributed by atoms with E-state index in [1.54, 1.807) is 4.68 Å². The highest BCUT2D eigenvalue weighted by Crippen LogP contribution is 2.33. The first-order valence-electron chi connectivity index (χ1n) is 11.2. The molecule has 1 amide bonds. The van der Waals surface area contributed by atoms with Crippen LogP contribution in [0.2, 0.25) is 0 Å². The van der Waals surface area contributed by atoms with Crippen molar-refractivity contribution in [1.29, 1.82) is 0 Å². The molecule has 7 nitrogen and oxygen atoms in total. The number of carbonyl (C=O) groups is 1. The second kappa shape index (κ2) is 8.98. The second-order valence-electron chi connectivity index (χ2n) is 8.53. The molecule has 1 saturated heterocycles. The van der Waals surface area contributed by atoms with Crippen LogP contribution < -0.4 is 0 Å². The van der Waals surface area contributed by atoms with Crippen molar-refractivity contribution in [3.63, 3.8) is 0 Å². The van der Waals surface area contributed by atoms with Crippen molar-refractivity contribution in [2.24, 2.45) is 0 Å². The fraction of sp³-hybridized carbons (Fsp3) is 0.417. The minimum Gasteiger partial charge on any atom is -0.328 e. The molecule has 0 spiro atoms. The molecule has 1 aromatic heterocycles. The predicted octanol–water partition coefficient (Wildman–Crippen LogP) is 2.85. The van der Waals surface area contributed by atoms with Crippen LogP contribution in [0.3, 0.4) is 0 Å². The molecule has 0 aliphatic carbocycles. The summed E-state index contributed by atoms with van der Waals surface area (Å²) in [6.45, 7) is 3.21. The molecule has 5 rings (SSSR count). The molecule has 3 heterocycles. The van der Waals surface area contributed by atoms with Gasteiger partial charge in [0.25, 0.3) is 0 Å². The number of piperidine rings is 1. The van der Waals surface area contributed by atoms with Crippen LogP contribution in [0.5, 0.6) is 0 Å². The van der Waals surface area contributed by atoms with Crippen LogP contribution in [0.1, 0.15) is 42.3 Å². The molecule has 2 aliphatic heterocycles. The zero-order valence-electron chi connectivity index (χ0n) is 17.7. The van der Waals surface area contributed by atoms with Crippen LogP contribution in [-0.4, -0.2) is 55.0 Å². The van der Waals surface area contributed by atoms with E-state index in [0.717, 1.165) is 51.1 Å². The summed E-state index contributed by atoms with van der Waals surface area (Å²) in [7, 11) is 0. The third kappa shape index (κ3) is 4.37. The monoisotopic (exact) mass is 416 g/mol. The Morgan fingerprint density at radius 2 is 1.58 bits per heavy atom. The highest BCUT2D eigenvalue weighted by Gasteiger charge is 2.40. The summed E-state index contributed by atoms with van der Waals surface area (Å²) in [5, 5.41) is 12.2. The van der Waals surface area contributed by atoms with Crippen molar-refractivity contribution in [1.82, 2.24) is 30.0 Å². The average molecular weight is 417 g/mol. The van der Waals surface area contributed by atoms with Crippen LogP contribution in [0.4, 0.5) is 0 Å². The van der Waals surface area contributed by atoms with Gasteiger partial charge in [-0.25, -0.2) is 4.68 Å². The number of aryl methyl sites for hydroxylation is 1. The Morgan fingerprint density at radius 3 is 2.29 bits per heavy atom. The number of nitrogens with zero attached hydrogens (tertiary/aromatic N) is 6. The number of benzene rings is 2. The minimum absolute atomic E-state index is 0.0675. The van der Waals surface area contributed by atoms with E-state index in [9.17, 15) is 4.79 Å². The lowest BCUT2D eigenvalue weighted by Gasteiger charge is -2.44. The zero-order chi connectivity index (χ0) is 21.0. The zero-order valence-corrected chi connectivity index (χ0v) is 17.7. The van der Waals surface area contributed by atoms with Gasteiger partial charge >= 0.3 is 0 Å². The molecule has 0 saturated carbocycles. The van der Waals surface area contributed by atoms with Crippen molar-refractivity contribution in [2.75, 3.05) is 13.1 Å². The molecule has 7 heteroatoms. The number of amides is 1. The van der Waals surface area contributed by atoms with Crippen LogP contribution >= 0.6 is 0 Å². The van der Waals surface area contributed by atoms with Crippen LogP contribution in [0.15, 0.2) is 60.7 Å². The van der Waals surface area contributed by atoms with Crippen molar-refractivity contribution in [2.45, 2.75) is 50.9 Å². The summed E-state index contributed by atoms with van der Waals surface area (Å²) < 4.78 is 1.68. The summed E-state index contributed by atoms with van der Waals surface area (Å²) in [6.07, 6.45) is 3.71. The maximum Gasteiger partial charge on any atom is 0.245 e. The fourth-order valence-electron chi connectivity index (χ4n) is 4.94. The van der Waals surface area contributed by atoms with E-state index in [1.807, 2.05) is 6.07 Å². The number of carbonyl (C=O) groups excluding carboxylic acids is 1. The van der Waals surface area contributed by atoms with Gasteiger partial charge in [0.1, 0.15) is 6.54 Å². The van der Waals surface area contributed by atoms with Gasteiger partial charge in [-0.15, -0.1) is 5.10 Å². The van der Waals surface area contributed by atoms with Gasteiger partial charge in [0, 0.05) is 25.7 Å². The maximum absolute atomic E-state index is 13.1. The molecule has 2 aromatic carbocycles. The van der Waals surface area contributed by atoms with Crippen LogP contribution in [-0.2, 0) is 24.3 Å². The van der Waals surface area contributed by atoms with Gasteiger partial charge in [0.15, 0.2) is 5.82 Å². The van der Waals surface area contributed by atoms with Gasteiger partial charge in [-0.3, -0.25) is 9.69 Å². The van der Waals surface area contributed by atoms with Crippen molar-refractivity contribution >= 4 is 5.91 Å². The van der Waals surface area contributed by atoms with Crippen LogP contribution in [0.25, 0.3) is 0 Å². The Balaban J connectivity index is 1.29. The third-order valence-electron chi connectivity index (χ3n) is 6.52. The first kappa shape index (κ1) is 19.9. The molecule has 1 atom stereocenters. The SMILES string of the molecule is O=C1Cn2nnnc2C(CCc2ccccc2)N1C1CCN(Cc2ccccc2)CC1. The number of hydrogen-bond acceptors (Lipinski definition) is 5. The van der Waals surface area contributed by atoms with Crippen molar-refractivity contribution in [3.8, 4) is 0 Å². The Morgan fingerprint density at radius 1 is 0.903 bits per heavy atom. The molecule has 160 valence electrons. The Bertz CT molecular complexity index is 997. The molecule has 31 heavy (non-hydrogen) atoms. The van der Waals surface area contributed by atoms with E-state index in [4.69, 9.17) is 0 Å². The molecule has 1 fully saturated rings. The topological polar surface area (TPSA) is 67.2 Å². The van der Waals surface area contributed by atoms with E-state index in [1.165, 1.54) is 11.1 Å². The quantitative estimate of drug-likeness (QED) is 0.618. The Hall–Kier alpha value is -3.06. The maximum atomic E-state index is 13.1. The number of likely N-dealkylation sites (tertiary alicyclic amines) is 1. The second-order valence-corrected chi connectivity index (χ2v) is 8.53. The molecule has 0 radical (unpaired) electrons. The molecule has 0 bridgehead atoms. The smallest absolute Gasteiger partial charge is 0.245 e. The molecular weight excluding hydrogens is 388 g/mol. The van der Waals surface area contributed by atoms with Gasteiger partial charge in [-0.05, 0) is 47.2 Å². The van der Waals surface area contributed by atoms with E-state index in [0.29, 0.717) is 0 Å². The number of hydrogen-bond donors (Lipinski definition) is 0. The molecule has 2 aliphatic rings. The predicted molar refractivity (Wildman–Crippen MR) is 117 cm³/mol. The number of fused-ring (bicyclic) bond motifs is 1. The lowest BCUT2D eigenvalue weighted by atomic mass is 9.95. The van der Waals surface area contributed by atoms with Crippen molar-refractivity contribution < 1.29 is 4.79 Å². The summed E-state index contributed by atoms with van der Waals surface area (Å²) in [5.41, 5.74) is 2.62. The van der Waals surface area contributed by atoms with E-state index in [2.05, 4.69) is 79.9 Å². The molecule has 1 unspecified atom stereocenters. The molecule has 0 N–H and O–H groups in total. The molecular formula is C24H28N6O. The summed E-state index contributed by atoms with van der Waals surface area (Å²) in [5.74, 6) is 0.960. The van der Waals surface area contributed by atoms with E-state index >= 15 is 0 Å². The first-order chi connectivity index (χ1) is 15.3. The van der Waals surface area contributed by atoms with E-state index in [-0.39, 0.29) is 24.5 Å². The normalized spacial score (nSPS) is 20.1. The number of aromatic nitrogens is 4. The van der Waals surface area contributed by atoms with Gasteiger partial charge in [0.05, 0.1) is 6.04 Å². The summed E-state index contributed by atoms with van der Waals surface area (Å²) >= 11 is 0.